The van der Waals surface area contributed by atoms with Crippen LogP contribution in [0.3, 0.4) is 0 Å². The van der Waals surface area contributed by atoms with Crippen molar-refractivity contribution in [2.75, 3.05) is 24.3 Å². The maximum Gasteiger partial charge on any atom is 0.295 e. The number of nitrogens with zero attached hydrogens (tertiary/aromatic N) is 4. The molecule has 0 fully saturated rings. The molecule has 0 radical (unpaired) electrons. The number of carboxylic acid groups (broad SMARTS) is 1. The highest BCUT2D eigenvalue weighted by Gasteiger charge is 2.19. The standard InChI is InChI=1S/C23H23N5O3/c1-14-20(22(29)28(27(14)4)15-8-6-5-7-9-15)25-21-17-12-16(26(2)3)10-11-19(17)24-13-18(21)23(30)31/h5-13H,1-4H3,(H,24,25)(H,30,31)/p-1. The fraction of sp³-hybridized carbons (Fsp3) is 0.174. The van der Waals surface area contributed by atoms with Crippen LogP contribution in [0.15, 0.2) is 59.5 Å². The summed E-state index contributed by atoms with van der Waals surface area (Å²) in [5.41, 5.74) is 3.01. The Morgan fingerprint density at radius 2 is 1.81 bits per heavy atom. The Balaban J connectivity index is 1.95. The molecule has 0 aliphatic heterocycles. The second kappa shape index (κ2) is 7.64. The fourth-order valence-electron chi connectivity index (χ4n) is 3.59. The maximum absolute atomic E-state index is 13.3. The topological polar surface area (TPSA) is 95.2 Å². The van der Waals surface area contributed by atoms with Gasteiger partial charge in [-0.3, -0.25) is 14.5 Å². The van der Waals surface area contributed by atoms with E-state index in [0.29, 0.717) is 22.3 Å². The normalized spacial score (nSPS) is 11.0. The molecule has 0 atom stereocenters. The molecule has 0 amide bonds. The highest BCUT2D eigenvalue weighted by Crippen LogP contribution is 2.32. The summed E-state index contributed by atoms with van der Waals surface area (Å²) >= 11 is 0. The van der Waals surface area contributed by atoms with Crippen molar-refractivity contribution in [1.29, 1.82) is 0 Å². The van der Waals surface area contributed by atoms with Crippen LogP contribution in [0.4, 0.5) is 17.1 Å². The lowest BCUT2D eigenvalue weighted by Gasteiger charge is -2.17. The molecule has 0 unspecified atom stereocenters. The summed E-state index contributed by atoms with van der Waals surface area (Å²) in [6, 6.07) is 14.8. The third kappa shape index (κ3) is 3.42. The van der Waals surface area contributed by atoms with Gasteiger partial charge < -0.3 is 20.1 Å². The minimum atomic E-state index is -1.37. The zero-order chi connectivity index (χ0) is 22.3. The second-order valence-electron chi connectivity index (χ2n) is 7.49. The van der Waals surface area contributed by atoms with Crippen LogP contribution >= 0.6 is 0 Å². The van der Waals surface area contributed by atoms with Crippen molar-refractivity contribution in [2.24, 2.45) is 7.05 Å². The Morgan fingerprint density at radius 3 is 2.45 bits per heavy atom. The first-order valence-corrected chi connectivity index (χ1v) is 9.72. The van der Waals surface area contributed by atoms with Crippen LogP contribution in [0.25, 0.3) is 16.6 Å². The van der Waals surface area contributed by atoms with Crippen LogP contribution in [0.1, 0.15) is 16.1 Å². The number of carbonyl (C=O) groups excluding carboxylic acids is 1. The van der Waals surface area contributed by atoms with Gasteiger partial charge in [0.25, 0.3) is 5.56 Å². The average molecular weight is 416 g/mol. The number of carbonyl (C=O) groups is 1. The van der Waals surface area contributed by atoms with Gasteiger partial charge >= 0.3 is 0 Å². The van der Waals surface area contributed by atoms with Crippen LogP contribution in [-0.4, -0.2) is 34.4 Å². The lowest BCUT2D eigenvalue weighted by molar-refractivity contribution is -0.254. The summed E-state index contributed by atoms with van der Waals surface area (Å²) in [7, 11) is 5.57. The smallest absolute Gasteiger partial charge is 0.295 e. The van der Waals surface area contributed by atoms with Crippen molar-refractivity contribution in [2.45, 2.75) is 6.92 Å². The molecule has 1 N–H and O–H groups in total. The third-order valence-electron chi connectivity index (χ3n) is 5.39. The van der Waals surface area contributed by atoms with Gasteiger partial charge in [-0.1, -0.05) is 18.2 Å². The van der Waals surface area contributed by atoms with Gasteiger partial charge in [-0.2, -0.15) is 0 Å². The maximum atomic E-state index is 13.3. The molecule has 0 saturated carbocycles. The molecule has 158 valence electrons. The Labute approximate surface area is 179 Å². The summed E-state index contributed by atoms with van der Waals surface area (Å²) < 4.78 is 3.26. The van der Waals surface area contributed by atoms with Crippen molar-refractivity contribution in [3.8, 4) is 5.69 Å². The molecule has 4 rings (SSSR count). The predicted molar refractivity (Wildman–Crippen MR) is 119 cm³/mol. The fourth-order valence-corrected chi connectivity index (χ4v) is 3.59. The van der Waals surface area contributed by atoms with Crippen LogP contribution in [-0.2, 0) is 7.05 Å². The van der Waals surface area contributed by atoms with Crippen LogP contribution in [0, 0.1) is 6.92 Å². The van der Waals surface area contributed by atoms with Gasteiger partial charge in [-0.25, -0.2) is 4.68 Å². The summed E-state index contributed by atoms with van der Waals surface area (Å²) in [6.07, 6.45) is 1.25. The molecule has 0 saturated heterocycles. The molecule has 0 aliphatic carbocycles. The zero-order valence-corrected chi connectivity index (χ0v) is 17.7. The first-order valence-electron chi connectivity index (χ1n) is 9.72. The van der Waals surface area contributed by atoms with Crippen molar-refractivity contribution in [1.82, 2.24) is 14.3 Å². The molecule has 31 heavy (non-hydrogen) atoms. The van der Waals surface area contributed by atoms with Crippen LogP contribution in [0.5, 0.6) is 0 Å². The first kappa shape index (κ1) is 20.2. The zero-order valence-electron chi connectivity index (χ0n) is 17.7. The minimum Gasteiger partial charge on any atom is -0.545 e. The predicted octanol–water partition coefficient (Wildman–Crippen LogP) is 2.21. The van der Waals surface area contributed by atoms with E-state index in [1.54, 1.807) is 18.7 Å². The largest absolute Gasteiger partial charge is 0.545 e. The lowest BCUT2D eigenvalue weighted by Crippen LogP contribution is -2.24. The lowest BCUT2D eigenvalue weighted by atomic mass is 10.1. The average Bonchev–Trinajstić information content (AvgIpc) is 2.97. The van der Waals surface area contributed by atoms with Gasteiger partial charge in [0, 0.05) is 44.0 Å². The molecule has 2 aromatic heterocycles. The van der Waals surface area contributed by atoms with Gasteiger partial charge in [-0.05, 0) is 37.3 Å². The van der Waals surface area contributed by atoms with E-state index in [2.05, 4.69) is 10.3 Å². The number of anilines is 3. The molecule has 8 heteroatoms. The summed E-state index contributed by atoms with van der Waals surface area (Å²) in [6.45, 7) is 1.80. The number of hydrogen-bond acceptors (Lipinski definition) is 6. The SMILES string of the molecule is Cc1c(Nc2c(C(=O)[O-])cnc3ccc(N(C)C)cc23)c(=O)n(-c2ccccc2)n1C. The van der Waals surface area contributed by atoms with Gasteiger partial charge in [-0.15, -0.1) is 0 Å². The number of aromatic nitrogens is 3. The van der Waals surface area contributed by atoms with Gasteiger partial charge in [0.05, 0.1) is 28.6 Å². The minimum absolute atomic E-state index is 0.114. The molecule has 0 aliphatic rings. The summed E-state index contributed by atoms with van der Waals surface area (Å²) in [4.78, 5) is 31.3. The van der Waals surface area contributed by atoms with E-state index in [0.717, 1.165) is 5.69 Å². The molecule has 4 aromatic rings. The number of rotatable bonds is 5. The molecular weight excluding hydrogens is 394 g/mol. The van der Waals surface area contributed by atoms with E-state index < -0.39 is 5.97 Å². The molecule has 0 spiro atoms. The highest BCUT2D eigenvalue weighted by atomic mass is 16.4. The van der Waals surface area contributed by atoms with Gasteiger partial charge in [0.2, 0.25) is 0 Å². The van der Waals surface area contributed by atoms with E-state index in [1.165, 1.54) is 10.9 Å². The molecular formula is C23H22N5O3-. The second-order valence-corrected chi connectivity index (χ2v) is 7.49. The summed E-state index contributed by atoms with van der Waals surface area (Å²) in [5.74, 6) is -1.37. The Hall–Kier alpha value is -4.07. The number of pyridine rings is 1. The number of para-hydroxylation sites is 1. The quantitative estimate of drug-likeness (QED) is 0.536. The van der Waals surface area contributed by atoms with Crippen molar-refractivity contribution in [3.63, 3.8) is 0 Å². The van der Waals surface area contributed by atoms with Crippen molar-refractivity contribution in [3.05, 3.63) is 76.3 Å². The number of fused-ring (bicyclic) bond motifs is 1. The van der Waals surface area contributed by atoms with Crippen LogP contribution < -0.4 is 20.9 Å². The summed E-state index contributed by atoms with van der Waals surface area (Å²) in [5, 5.41) is 15.5. The van der Waals surface area contributed by atoms with E-state index in [9.17, 15) is 14.7 Å². The van der Waals surface area contributed by atoms with Crippen molar-refractivity contribution < 1.29 is 9.90 Å². The molecule has 0 bridgehead atoms. The number of hydrogen-bond donors (Lipinski definition) is 1. The number of aromatic carboxylic acids is 1. The number of benzene rings is 2. The molecule has 2 heterocycles. The van der Waals surface area contributed by atoms with Gasteiger partial charge in [0.15, 0.2) is 0 Å². The molecule has 8 nitrogen and oxygen atoms in total. The number of carboxylic acids is 1. The third-order valence-corrected chi connectivity index (χ3v) is 5.39. The van der Waals surface area contributed by atoms with E-state index in [-0.39, 0.29) is 22.5 Å². The highest BCUT2D eigenvalue weighted by molar-refractivity contribution is 6.05. The van der Waals surface area contributed by atoms with Crippen LogP contribution in [0.2, 0.25) is 0 Å². The Kier molecular flexibility index (Phi) is 4.98. The Morgan fingerprint density at radius 1 is 1.10 bits per heavy atom. The number of nitrogens with one attached hydrogen (secondary N) is 1. The Bertz CT molecular complexity index is 1350. The van der Waals surface area contributed by atoms with E-state index in [4.69, 9.17) is 0 Å². The van der Waals surface area contributed by atoms with E-state index in [1.807, 2.05) is 67.5 Å². The van der Waals surface area contributed by atoms with Gasteiger partial charge in [0.1, 0.15) is 5.69 Å². The first-order chi connectivity index (χ1) is 14.8. The van der Waals surface area contributed by atoms with Crippen molar-refractivity contribution >= 4 is 33.9 Å². The monoisotopic (exact) mass is 416 g/mol. The molecule has 2 aromatic carbocycles. The van der Waals surface area contributed by atoms with E-state index >= 15 is 0 Å².